The molecule has 0 N–H and O–H groups in total. The van der Waals surface area contributed by atoms with Crippen LogP contribution in [0, 0.1) is 28.1 Å². The zero-order valence-electron chi connectivity index (χ0n) is 7.94. The molecular formula is C10H17N. The van der Waals surface area contributed by atoms with Crippen molar-refractivity contribution >= 4 is 0 Å². The second kappa shape index (κ2) is 2.24. The molecular weight excluding hydrogens is 134 g/mol. The summed E-state index contributed by atoms with van der Waals surface area (Å²) in [6.45, 7) is 8.84. The predicted molar refractivity (Wildman–Crippen MR) is 45.9 cm³/mol. The predicted octanol–water partition coefficient (Wildman–Crippen LogP) is 2.97. The van der Waals surface area contributed by atoms with Crippen molar-refractivity contribution in [3.8, 4) is 6.07 Å². The minimum absolute atomic E-state index is 0.0150. The maximum absolute atomic E-state index is 8.99. The zero-order valence-corrected chi connectivity index (χ0v) is 7.94. The maximum Gasteiger partial charge on any atom is 0.0695 e. The molecule has 1 saturated carbocycles. The van der Waals surface area contributed by atoms with Crippen LogP contribution in [0.5, 0.6) is 0 Å². The number of hydrogen-bond donors (Lipinski definition) is 0. The van der Waals surface area contributed by atoms with Crippen LogP contribution in [0.3, 0.4) is 0 Å². The Balaban J connectivity index is 2.82. The molecule has 0 aliphatic heterocycles. The summed E-state index contributed by atoms with van der Waals surface area (Å²) in [6.07, 6.45) is 2.21. The molecule has 0 amide bonds. The second-order valence-corrected chi connectivity index (χ2v) is 4.57. The highest BCUT2D eigenvalue weighted by atomic mass is 14.6. The van der Waals surface area contributed by atoms with E-state index in [9.17, 15) is 0 Å². The smallest absolute Gasteiger partial charge is 0.0695 e. The van der Waals surface area contributed by atoms with Crippen LogP contribution in [-0.4, -0.2) is 0 Å². The van der Waals surface area contributed by atoms with Gasteiger partial charge in [-0.25, -0.2) is 0 Å². The highest BCUT2D eigenvalue weighted by Crippen LogP contribution is 2.60. The van der Waals surface area contributed by atoms with Crippen molar-refractivity contribution in [1.82, 2.24) is 0 Å². The van der Waals surface area contributed by atoms with Gasteiger partial charge in [0.15, 0.2) is 0 Å². The number of rotatable bonds is 2. The lowest BCUT2D eigenvalue weighted by molar-refractivity contribution is 0.160. The van der Waals surface area contributed by atoms with E-state index < -0.39 is 0 Å². The first-order chi connectivity index (χ1) is 4.96. The molecule has 1 nitrogen and oxygen atoms in total. The molecule has 1 heteroatoms. The summed E-state index contributed by atoms with van der Waals surface area (Å²) >= 11 is 0. The molecule has 0 saturated heterocycles. The van der Waals surface area contributed by atoms with Crippen LogP contribution in [0.1, 0.15) is 40.5 Å². The summed E-state index contributed by atoms with van der Waals surface area (Å²) in [5.41, 5.74) is 0.211. The quantitative estimate of drug-likeness (QED) is 0.595. The third kappa shape index (κ3) is 1.05. The molecule has 0 unspecified atom stereocenters. The molecule has 0 atom stereocenters. The van der Waals surface area contributed by atoms with Crippen molar-refractivity contribution in [3.63, 3.8) is 0 Å². The van der Waals surface area contributed by atoms with Gasteiger partial charge < -0.3 is 0 Å². The summed E-state index contributed by atoms with van der Waals surface area (Å²) in [7, 11) is 0. The van der Waals surface area contributed by atoms with E-state index in [1.807, 2.05) is 0 Å². The Kier molecular flexibility index (Phi) is 1.75. The average molecular weight is 151 g/mol. The van der Waals surface area contributed by atoms with Gasteiger partial charge in [0.1, 0.15) is 0 Å². The van der Waals surface area contributed by atoms with Crippen LogP contribution in [0.25, 0.3) is 0 Å². The first kappa shape index (κ1) is 8.59. The topological polar surface area (TPSA) is 23.8 Å². The molecule has 62 valence electrons. The average Bonchev–Trinajstić information content (AvgIpc) is 2.66. The Labute approximate surface area is 69.4 Å². The first-order valence-corrected chi connectivity index (χ1v) is 4.37. The number of hydrogen-bond acceptors (Lipinski definition) is 1. The van der Waals surface area contributed by atoms with Crippen molar-refractivity contribution in [1.29, 1.82) is 5.26 Å². The molecule has 0 heterocycles. The van der Waals surface area contributed by atoms with E-state index in [0.29, 0.717) is 5.92 Å². The van der Waals surface area contributed by atoms with Gasteiger partial charge in [0.2, 0.25) is 0 Å². The summed E-state index contributed by atoms with van der Waals surface area (Å²) < 4.78 is 0. The van der Waals surface area contributed by atoms with Crippen molar-refractivity contribution in [3.05, 3.63) is 0 Å². The molecule has 0 aromatic heterocycles. The van der Waals surface area contributed by atoms with Gasteiger partial charge in [0.25, 0.3) is 0 Å². The van der Waals surface area contributed by atoms with Gasteiger partial charge in [0.05, 0.1) is 11.5 Å². The molecule has 0 aromatic rings. The fourth-order valence-electron chi connectivity index (χ4n) is 1.58. The van der Waals surface area contributed by atoms with Crippen LogP contribution < -0.4 is 0 Å². The Morgan fingerprint density at radius 1 is 1.36 bits per heavy atom. The van der Waals surface area contributed by atoms with E-state index in [0.717, 1.165) is 12.8 Å². The van der Waals surface area contributed by atoms with Gasteiger partial charge in [-0.15, -0.1) is 0 Å². The Bertz CT molecular complexity index is 191. The summed E-state index contributed by atoms with van der Waals surface area (Å²) in [5.74, 6) is 0.602. The minimum atomic E-state index is 0.0150. The molecule has 0 aromatic carbocycles. The third-order valence-corrected chi connectivity index (χ3v) is 3.64. The SMILES string of the molecule is CC(C)C(C)(C)C1(C#N)CC1. The molecule has 0 spiro atoms. The highest BCUT2D eigenvalue weighted by Gasteiger charge is 2.55. The van der Waals surface area contributed by atoms with Crippen molar-refractivity contribution in [2.24, 2.45) is 16.7 Å². The lowest BCUT2D eigenvalue weighted by Crippen LogP contribution is -2.29. The fourth-order valence-corrected chi connectivity index (χ4v) is 1.58. The minimum Gasteiger partial charge on any atom is -0.198 e. The molecule has 1 aliphatic carbocycles. The highest BCUT2D eigenvalue weighted by molar-refractivity contribution is 5.17. The van der Waals surface area contributed by atoms with Gasteiger partial charge >= 0.3 is 0 Å². The van der Waals surface area contributed by atoms with Gasteiger partial charge in [-0.05, 0) is 24.2 Å². The van der Waals surface area contributed by atoms with Crippen LogP contribution in [0.4, 0.5) is 0 Å². The fraction of sp³-hybridized carbons (Fsp3) is 0.900. The molecule has 11 heavy (non-hydrogen) atoms. The molecule has 0 bridgehead atoms. The first-order valence-electron chi connectivity index (χ1n) is 4.37. The second-order valence-electron chi connectivity index (χ2n) is 4.57. The largest absolute Gasteiger partial charge is 0.198 e. The Morgan fingerprint density at radius 2 is 1.82 bits per heavy atom. The lowest BCUT2D eigenvalue weighted by atomic mass is 9.69. The molecule has 1 fully saturated rings. The van der Waals surface area contributed by atoms with E-state index in [1.54, 1.807) is 0 Å². The van der Waals surface area contributed by atoms with Crippen LogP contribution >= 0.6 is 0 Å². The van der Waals surface area contributed by atoms with Crippen LogP contribution in [0.2, 0.25) is 0 Å². The van der Waals surface area contributed by atoms with Crippen LogP contribution in [0.15, 0.2) is 0 Å². The Hall–Kier alpha value is -0.510. The van der Waals surface area contributed by atoms with E-state index in [2.05, 4.69) is 33.8 Å². The van der Waals surface area contributed by atoms with Gasteiger partial charge in [-0.3, -0.25) is 0 Å². The lowest BCUT2D eigenvalue weighted by Gasteiger charge is -2.34. The van der Waals surface area contributed by atoms with Crippen LogP contribution in [-0.2, 0) is 0 Å². The van der Waals surface area contributed by atoms with E-state index in [1.165, 1.54) is 0 Å². The summed E-state index contributed by atoms with van der Waals surface area (Å²) in [4.78, 5) is 0. The van der Waals surface area contributed by atoms with Crippen molar-refractivity contribution in [2.45, 2.75) is 40.5 Å². The van der Waals surface area contributed by atoms with E-state index >= 15 is 0 Å². The van der Waals surface area contributed by atoms with Gasteiger partial charge in [0, 0.05) is 0 Å². The molecule has 1 aliphatic rings. The zero-order chi connectivity index (χ0) is 8.70. The van der Waals surface area contributed by atoms with E-state index in [-0.39, 0.29) is 10.8 Å². The maximum atomic E-state index is 8.99. The normalized spacial score (nSPS) is 21.5. The summed E-state index contributed by atoms with van der Waals surface area (Å²) in [5, 5.41) is 8.99. The standard InChI is InChI=1S/C10H17N/c1-8(2)9(3,4)10(7-11)5-6-10/h8H,5-6H2,1-4H3. The number of nitriles is 1. The third-order valence-electron chi connectivity index (χ3n) is 3.64. The van der Waals surface area contributed by atoms with Gasteiger partial charge in [-0.2, -0.15) is 5.26 Å². The monoisotopic (exact) mass is 151 g/mol. The number of nitrogens with zero attached hydrogens (tertiary/aromatic N) is 1. The summed E-state index contributed by atoms with van der Waals surface area (Å²) in [6, 6.07) is 2.47. The Morgan fingerprint density at radius 3 is 1.91 bits per heavy atom. The van der Waals surface area contributed by atoms with Gasteiger partial charge in [-0.1, -0.05) is 27.7 Å². The van der Waals surface area contributed by atoms with Crippen molar-refractivity contribution in [2.75, 3.05) is 0 Å². The molecule has 0 radical (unpaired) electrons. The van der Waals surface area contributed by atoms with Crippen molar-refractivity contribution < 1.29 is 0 Å². The van der Waals surface area contributed by atoms with E-state index in [4.69, 9.17) is 5.26 Å². The molecule has 1 rings (SSSR count).